The number of carbonyl (C=O) groups is 3. The molecule has 0 saturated heterocycles. The monoisotopic (exact) mass is 523 g/mol. The van der Waals surface area contributed by atoms with Crippen LogP contribution in [0, 0.1) is 19.8 Å². The number of nitrogens with zero attached hydrogens (tertiary/aromatic N) is 1. The Kier molecular flexibility index (Phi) is 10.9. The molecule has 0 aliphatic heterocycles. The maximum absolute atomic E-state index is 14.3. The molecule has 2 N–H and O–H groups in total. The second-order valence-corrected chi connectivity index (χ2v) is 11.3. The van der Waals surface area contributed by atoms with Crippen LogP contribution < -0.4 is 10.6 Å². The minimum atomic E-state index is -0.876. The van der Waals surface area contributed by atoms with E-state index in [4.69, 9.17) is 4.74 Å². The third-order valence-electron chi connectivity index (χ3n) is 6.61. The van der Waals surface area contributed by atoms with E-state index < -0.39 is 23.8 Å². The smallest absolute Gasteiger partial charge is 0.408 e. The van der Waals surface area contributed by atoms with Gasteiger partial charge in [-0.1, -0.05) is 68.8 Å². The number of nitrogens with one attached hydrogen (secondary N) is 2. The maximum Gasteiger partial charge on any atom is 0.408 e. The van der Waals surface area contributed by atoms with E-state index >= 15 is 0 Å². The van der Waals surface area contributed by atoms with E-state index in [2.05, 4.69) is 10.6 Å². The fourth-order valence-electron chi connectivity index (χ4n) is 4.49. The third-order valence-corrected chi connectivity index (χ3v) is 6.61. The van der Waals surface area contributed by atoms with Gasteiger partial charge < -0.3 is 20.3 Å². The Hall–Kier alpha value is -3.35. The van der Waals surface area contributed by atoms with Gasteiger partial charge in [0.05, 0.1) is 0 Å². The molecule has 0 heterocycles. The molecule has 0 spiro atoms. The van der Waals surface area contributed by atoms with Crippen molar-refractivity contribution in [2.75, 3.05) is 0 Å². The number of hydrogen-bond donors (Lipinski definition) is 2. The number of rotatable bonds is 10. The molecule has 0 aliphatic carbocycles. The summed E-state index contributed by atoms with van der Waals surface area (Å²) in [4.78, 5) is 42.6. The van der Waals surface area contributed by atoms with Gasteiger partial charge in [0.2, 0.25) is 11.8 Å². The normalized spacial score (nSPS) is 13.8. The average molecular weight is 524 g/mol. The lowest BCUT2D eigenvalue weighted by Gasteiger charge is -2.39. The van der Waals surface area contributed by atoms with Crippen LogP contribution in [-0.4, -0.2) is 40.5 Å². The van der Waals surface area contributed by atoms with Gasteiger partial charge in [0.25, 0.3) is 0 Å². The van der Waals surface area contributed by atoms with Gasteiger partial charge in [0.15, 0.2) is 0 Å². The Labute approximate surface area is 228 Å². The van der Waals surface area contributed by atoms with Crippen molar-refractivity contribution in [3.05, 3.63) is 70.8 Å². The van der Waals surface area contributed by atoms with Gasteiger partial charge in [0.1, 0.15) is 17.7 Å². The van der Waals surface area contributed by atoms with Crippen LogP contribution in [0.2, 0.25) is 0 Å². The molecule has 7 nitrogen and oxygen atoms in total. The van der Waals surface area contributed by atoms with Gasteiger partial charge in [-0.2, -0.15) is 0 Å². The summed E-state index contributed by atoms with van der Waals surface area (Å²) in [5, 5.41) is 5.86. The zero-order chi connectivity index (χ0) is 28.6. The molecule has 2 rings (SSSR count). The minimum Gasteiger partial charge on any atom is -0.444 e. The quantitative estimate of drug-likeness (QED) is 0.410. The molecule has 0 fully saturated rings. The Morgan fingerprint density at radius 3 is 2.00 bits per heavy atom. The Bertz CT molecular complexity index is 1070. The molecule has 0 radical (unpaired) electrons. The summed E-state index contributed by atoms with van der Waals surface area (Å²) in [6, 6.07) is 13.5. The van der Waals surface area contributed by atoms with Crippen molar-refractivity contribution in [3.8, 4) is 0 Å². The molecule has 2 aromatic carbocycles. The Morgan fingerprint density at radius 2 is 1.50 bits per heavy atom. The second-order valence-electron chi connectivity index (χ2n) is 11.3. The van der Waals surface area contributed by atoms with Gasteiger partial charge in [-0.05, 0) is 76.6 Å². The van der Waals surface area contributed by atoms with Crippen LogP contribution in [0.4, 0.5) is 4.79 Å². The van der Waals surface area contributed by atoms with Crippen LogP contribution in [0.3, 0.4) is 0 Å². The second kappa shape index (κ2) is 13.4. The van der Waals surface area contributed by atoms with E-state index in [1.165, 1.54) is 0 Å². The zero-order valence-electron chi connectivity index (χ0n) is 24.4. The molecular formula is C31H45N3O4. The summed E-state index contributed by atoms with van der Waals surface area (Å²) in [5.41, 5.74) is 2.89. The third kappa shape index (κ3) is 8.33. The SMILES string of the molecule is CCC(C)C(NC(=O)OC(C)(C)C)C(=O)N(C(C)C)C(C(=O)NCc1ccccc1)c1c(C)cccc1C. The fourth-order valence-corrected chi connectivity index (χ4v) is 4.49. The highest BCUT2D eigenvalue weighted by Crippen LogP contribution is 2.31. The van der Waals surface area contributed by atoms with E-state index in [1.54, 1.807) is 25.7 Å². The van der Waals surface area contributed by atoms with Crippen molar-refractivity contribution < 1.29 is 19.1 Å². The summed E-state index contributed by atoms with van der Waals surface area (Å²) < 4.78 is 5.47. The van der Waals surface area contributed by atoms with Crippen LogP contribution >= 0.6 is 0 Å². The van der Waals surface area contributed by atoms with E-state index in [9.17, 15) is 14.4 Å². The van der Waals surface area contributed by atoms with Gasteiger partial charge in [-0.25, -0.2) is 4.79 Å². The van der Waals surface area contributed by atoms with Crippen molar-refractivity contribution in [1.82, 2.24) is 15.5 Å². The predicted octanol–water partition coefficient (Wildman–Crippen LogP) is 5.84. The summed E-state index contributed by atoms with van der Waals surface area (Å²) in [6.45, 7) is 17.3. The standard InChI is InChI=1S/C31H45N3O4/c1-10-21(4)26(33-30(37)38-31(7,8)9)29(36)34(20(2)3)27(25-22(5)15-14-16-23(25)6)28(35)32-19-24-17-12-11-13-18-24/h11-18,20-21,26-27H,10,19H2,1-9H3,(H,32,35)(H,33,37). The molecule has 38 heavy (non-hydrogen) atoms. The summed E-state index contributed by atoms with van der Waals surface area (Å²) in [7, 11) is 0. The number of aryl methyl sites for hydroxylation is 2. The van der Waals surface area contributed by atoms with E-state index in [0.29, 0.717) is 13.0 Å². The summed E-state index contributed by atoms with van der Waals surface area (Å²) in [6.07, 6.45) is 0.00358. The molecule has 0 aromatic heterocycles. The Balaban J connectivity index is 2.54. The largest absolute Gasteiger partial charge is 0.444 e. The first-order valence-electron chi connectivity index (χ1n) is 13.5. The highest BCUT2D eigenvalue weighted by atomic mass is 16.6. The van der Waals surface area contributed by atoms with Crippen LogP contribution in [-0.2, 0) is 20.9 Å². The highest BCUT2D eigenvalue weighted by Gasteiger charge is 2.40. The summed E-state index contributed by atoms with van der Waals surface area (Å²) in [5.74, 6) is -0.765. The highest BCUT2D eigenvalue weighted by molar-refractivity contribution is 5.93. The predicted molar refractivity (Wildman–Crippen MR) is 152 cm³/mol. The number of amides is 3. The molecule has 3 atom stereocenters. The molecule has 2 aromatic rings. The molecule has 0 saturated carbocycles. The average Bonchev–Trinajstić information content (AvgIpc) is 2.83. The molecule has 7 heteroatoms. The van der Waals surface area contributed by atoms with E-state index in [1.807, 2.05) is 90.1 Å². The molecule has 0 aliphatic rings. The van der Waals surface area contributed by atoms with Gasteiger partial charge in [0, 0.05) is 12.6 Å². The van der Waals surface area contributed by atoms with Crippen molar-refractivity contribution in [2.24, 2.45) is 5.92 Å². The van der Waals surface area contributed by atoms with Crippen molar-refractivity contribution in [1.29, 1.82) is 0 Å². The van der Waals surface area contributed by atoms with E-state index in [0.717, 1.165) is 22.3 Å². The van der Waals surface area contributed by atoms with Crippen molar-refractivity contribution >= 4 is 17.9 Å². The number of ether oxygens (including phenoxy) is 1. The zero-order valence-corrected chi connectivity index (χ0v) is 24.4. The van der Waals surface area contributed by atoms with E-state index in [-0.39, 0.29) is 23.8 Å². The van der Waals surface area contributed by atoms with Crippen LogP contribution in [0.15, 0.2) is 48.5 Å². The lowest BCUT2D eigenvalue weighted by molar-refractivity contribution is -0.145. The number of carbonyl (C=O) groups excluding carboxylic acids is 3. The molecule has 3 amide bonds. The molecule has 208 valence electrons. The van der Waals surface area contributed by atoms with Gasteiger partial charge >= 0.3 is 6.09 Å². The van der Waals surface area contributed by atoms with Crippen LogP contribution in [0.5, 0.6) is 0 Å². The lowest BCUT2D eigenvalue weighted by atomic mass is 9.91. The topological polar surface area (TPSA) is 87.7 Å². The summed E-state index contributed by atoms with van der Waals surface area (Å²) >= 11 is 0. The fraction of sp³-hybridized carbons (Fsp3) is 0.516. The maximum atomic E-state index is 14.3. The van der Waals surface area contributed by atoms with Crippen LogP contribution in [0.1, 0.15) is 83.2 Å². The number of hydrogen-bond acceptors (Lipinski definition) is 4. The Morgan fingerprint density at radius 1 is 0.921 bits per heavy atom. The van der Waals surface area contributed by atoms with Crippen molar-refractivity contribution in [3.63, 3.8) is 0 Å². The first kappa shape index (κ1) is 30.9. The van der Waals surface area contributed by atoms with Gasteiger partial charge in [-0.3, -0.25) is 9.59 Å². The lowest BCUT2D eigenvalue weighted by Crippen LogP contribution is -2.57. The molecular weight excluding hydrogens is 478 g/mol. The van der Waals surface area contributed by atoms with Gasteiger partial charge in [-0.15, -0.1) is 0 Å². The molecule has 3 unspecified atom stereocenters. The number of benzene rings is 2. The van der Waals surface area contributed by atoms with Crippen LogP contribution in [0.25, 0.3) is 0 Å². The number of alkyl carbamates (subject to hydrolysis) is 1. The first-order chi connectivity index (χ1) is 17.8. The first-order valence-corrected chi connectivity index (χ1v) is 13.5. The van der Waals surface area contributed by atoms with Crippen molar-refractivity contribution in [2.45, 2.75) is 99.0 Å². The molecule has 0 bridgehead atoms. The minimum absolute atomic E-state index is 0.178.